The summed E-state index contributed by atoms with van der Waals surface area (Å²) in [6.45, 7) is 10.4. The molecule has 2 rings (SSSR count). The number of fused-ring (bicyclic) bond motifs is 1. The van der Waals surface area contributed by atoms with E-state index in [4.69, 9.17) is 10.1 Å². The number of carbonyl (C=O) groups excluding carboxylic acids is 2. The predicted octanol–water partition coefficient (Wildman–Crippen LogP) is 1.53. The van der Waals surface area contributed by atoms with Crippen LogP contribution in [0, 0.1) is 26.2 Å². The third-order valence-electron chi connectivity index (χ3n) is 5.44. The summed E-state index contributed by atoms with van der Waals surface area (Å²) in [5, 5.41) is 13.7. The summed E-state index contributed by atoms with van der Waals surface area (Å²) in [6.07, 6.45) is 1.71. The molecule has 1 aromatic rings. The van der Waals surface area contributed by atoms with Crippen LogP contribution in [0.15, 0.2) is 4.90 Å². The third kappa shape index (κ3) is 5.90. The molecular weight excluding hydrogens is 420 g/mol. The standard InChI is InChI=1S/C21H32N4O5S/c1-12-13(2)18(14(3)15-10-21(4,5)30-17(12)15)31(28)25-20(22)24-9-7-8-16(23-6)19(27)29-11-26/h11,16,23H,7-10H2,1-6H3,(H3,22,24,25). The normalized spacial score (nSPS) is 16.0. The molecule has 0 fully saturated rings. The summed E-state index contributed by atoms with van der Waals surface area (Å²) < 4.78 is 26.2. The van der Waals surface area contributed by atoms with Gasteiger partial charge in [0.2, 0.25) is 5.96 Å². The summed E-state index contributed by atoms with van der Waals surface area (Å²) in [5.41, 5.74) is 3.55. The van der Waals surface area contributed by atoms with E-state index in [9.17, 15) is 14.1 Å². The van der Waals surface area contributed by atoms with Crippen LogP contribution < -0.4 is 20.1 Å². The van der Waals surface area contributed by atoms with Gasteiger partial charge in [-0.25, -0.2) is 4.79 Å². The van der Waals surface area contributed by atoms with Gasteiger partial charge in [-0.15, -0.1) is 0 Å². The molecule has 10 heteroatoms. The van der Waals surface area contributed by atoms with Crippen molar-refractivity contribution < 1.29 is 23.6 Å². The first-order chi connectivity index (χ1) is 14.5. The Kier molecular flexibility index (Phi) is 8.33. The van der Waals surface area contributed by atoms with E-state index >= 15 is 0 Å². The van der Waals surface area contributed by atoms with Crippen LogP contribution in [0.3, 0.4) is 0 Å². The number of benzene rings is 1. The molecule has 4 N–H and O–H groups in total. The molecular formula is C21H32N4O5S. The summed E-state index contributed by atoms with van der Waals surface area (Å²) in [7, 11) is 1.60. The molecule has 0 saturated heterocycles. The molecule has 1 aromatic carbocycles. The minimum Gasteiger partial charge on any atom is -0.588 e. The number of hydrogen-bond donors (Lipinski definition) is 4. The zero-order valence-electron chi connectivity index (χ0n) is 18.9. The minimum absolute atomic E-state index is 0.0664. The lowest BCUT2D eigenvalue weighted by Crippen LogP contribution is -2.41. The van der Waals surface area contributed by atoms with Gasteiger partial charge in [0.05, 0.1) is 0 Å². The predicted molar refractivity (Wildman–Crippen MR) is 119 cm³/mol. The van der Waals surface area contributed by atoms with E-state index in [1.165, 1.54) is 0 Å². The molecule has 2 unspecified atom stereocenters. The van der Waals surface area contributed by atoms with Crippen molar-refractivity contribution in [3.8, 4) is 5.75 Å². The highest BCUT2D eigenvalue weighted by Gasteiger charge is 2.37. The molecule has 1 heterocycles. The quantitative estimate of drug-likeness (QED) is 0.0842. The van der Waals surface area contributed by atoms with Gasteiger partial charge in [-0.2, -0.15) is 4.72 Å². The number of rotatable bonds is 9. The third-order valence-corrected chi connectivity index (χ3v) is 6.81. The molecule has 1 aliphatic heterocycles. The fourth-order valence-electron chi connectivity index (χ4n) is 3.73. The molecule has 0 radical (unpaired) electrons. The Morgan fingerprint density at radius 2 is 2.00 bits per heavy atom. The minimum atomic E-state index is -1.61. The largest absolute Gasteiger partial charge is 0.588 e. The number of nitrogens with one attached hydrogen (secondary N) is 4. The van der Waals surface area contributed by atoms with Gasteiger partial charge in [0.25, 0.3) is 0 Å². The molecule has 0 aliphatic carbocycles. The lowest BCUT2D eigenvalue weighted by Gasteiger charge is -2.20. The molecule has 0 bridgehead atoms. The molecule has 31 heavy (non-hydrogen) atoms. The number of ether oxygens (including phenoxy) is 2. The number of esters is 1. The topological polar surface area (TPSA) is 136 Å². The van der Waals surface area contributed by atoms with Crippen molar-refractivity contribution in [3.63, 3.8) is 0 Å². The molecule has 9 nitrogen and oxygen atoms in total. The second-order valence-corrected chi connectivity index (χ2v) is 9.39. The van der Waals surface area contributed by atoms with Crippen molar-refractivity contribution in [2.75, 3.05) is 13.6 Å². The Balaban J connectivity index is 1.96. The number of likely N-dealkylation sites (N-methyl/N-ethyl adjacent to an activating group) is 1. The van der Waals surface area contributed by atoms with Crippen LogP contribution in [0.2, 0.25) is 0 Å². The first-order valence-corrected chi connectivity index (χ1v) is 11.3. The SMILES string of the molecule is CNC(CCCNC(=N)N[S+]([O-])c1c(C)c(C)c2c(c1C)CC(C)(C)O2)C(=O)OC=O. The smallest absolute Gasteiger partial charge is 0.330 e. The van der Waals surface area contributed by atoms with Gasteiger partial charge >= 0.3 is 12.4 Å². The Morgan fingerprint density at radius 1 is 1.32 bits per heavy atom. The van der Waals surface area contributed by atoms with Crippen molar-refractivity contribution >= 4 is 29.8 Å². The lowest BCUT2D eigenvalue weighted by atomic mass is 9.94. The van der Waals surface area contributed by atoms with Gasteiger partial charge in [0.1, 0.15) is 28.8 Å². The molecule has 0 amide bonds. The molecule has 1 aliphatic rings. The summed E-state index contributed by atoms with van der Waals surface area (Å²) in [4.78, 5) is 22.5. The van der Waals surface area contributed by atoms with E-state index in [-0.39, 0.29) is 18.0 Å². The van der Waals surface area contributed by atoms with Crippen molar-refractivity contribution in [1.29, 1.82) is 5.41 Å². The fourth-order valence-corrected chi connectivity index (χ4v) is 4.92. The molecule has 0 aromatic heterocycles. The van der Waals surface area contributed by atoms with E-state index in [0.29, 0.717) is 24.3 Å². The van der Waals surface area contributed by atoms with Crippen LogP contribution in [-0.2, 0) is 32.1 Å². The highest BCUT2D eigenvalue weighted by atomic mass is 32.2. The second kappa shape index (κ2) is 10.3. The monoisotopic (exact) mass is 452 g/mol. The Bertz CT molecular complexity index is 859. The van der Waals surface area contributed by atoms with Crippen LogP contribution in [0.5, 0.6) is 5.75 Å². The van der Waals surface area contributed by atoms with Gasteiger partial charge < -0.3 is 24.7 Å². The number of hydrogen-bond acceptors (Lipinski definition) is 7. The molecule has 2 atom stereocenters. The fraction of sp³-hybridized carbons (Fsp3) is 0.571. The Labute approximate surface area is 186 Å². The van der Waals surface area contributed by atoms with Crippen molar-refractivity contribution in [2.45, 2.75) is 70.4 Å². The van der Waals surface area contributed by atoms with Crippen molar-refractivity contribution in [2.24, 2.45) is 0 Å². The maximum Gasteiger partial charge on any atom is 0.330 e. The highest BCUT2D eigenvalue weighted by molar-refractivity contribution is 7.90. The Hall–Kier alpha value is -2.30. The maximum atomic E-state index is 13.0. The van der Waals surface area contributed by atoms with Crippen molar-refractivity contribution in [1.82, 2.24) is 15.4 Å². The summed E-state index contributed by atoms with van der Waals surface area (Å²) in [5.74, 6) is 0.168. The second-order valence-electron chi connectivity index (χ2n) is 8.24. The zero-order valence-corrected chi connectivity index (χ0v) is 19.7. The maximum absolute atomic E-state index is 13.0. The van der Waals surface area contributed by atoms with Gasteiger partial charge in [-0.1, -0.05) is 0 Å². The van der Waals surface area contributed by atoms with E-state index in [2.05, 4.69) is 20.1 Å². The average molecular weight is 453 g/mol. The van der Waals surface area contributed by atoms with Crippen LogP contribution in [0.25, 0.3) is 0 Å². The highest BCUT2D eigenvalue weighted by Crippen LogP contribution is 2.43. The lowest BCUT2D eigenvalue weighted by molar-refractivity contribution is -0.153. The molecule has 172 valence electrons. The van der Waals surface area contributed by atoms with Crippen LogP contribution in [-0.4, -0.2) is 48.2 Å². The first kappa shape index (κ1) is 25.0. The number of guanidine groups is 1. The summed E-state index contributed by atoms with van der Waals surface area (Å²) in [6, 6.07) is -0.602. The van der Waals surface area contributed by atoms with E-state index in [0.717, 1.165) is 34.4 Å². The average Bonchev–Trinajstić information content (AvgIpc) is 3.02. The number of carbonyl (C=O) groups is 2. The van der Waals surface area contributed by atoms with Crippen LogP contribution in [0.1, 0.15) is 48.9 Å². The molecule has 0 spiro atoms. The van der Waals surface area contributed by atoms with E-state index in [1.807, 2.05) is 34.6 Å². The van der Waals surface area contributed by atoms with E-state index < -0.39 is 23.4 Å². The van der Waals surface area contributed by atoms with Gasteiger partial charge in [0, 0.05) is 29.7 Å². The zero-order chi connectivity index (χ0) is 23.3. The molecule has 0 saturated carbocycles. The summed E-state index contributed by atoms with van der Waals surface area (Å²) >= 11 is -1.61. The van der Waals surface area contributed by atoms with Crippen LogP contribution >= 0.6 is 0 Å². The van der Waals surface area contributed by atoms with Crippen LogP contribution in [0.4, 0.5) is 0 Å². The van der Waals surface area contributed by atoms with Gasteiger partial charge in [0.15, 0.2) is 4.90 Å². The van der Waals surface area contributed by atoms with Gasteiger partial charge in [-0.05, 0) is 60.1 Å². The van der Waals surface area contributed by atoms with E-state index in [1.54, 1.807) is 7.05 Å². The van der Waals surface area contributed by atoms with Gasteiger partial charge in [-0.3, -0.25) is 10.2 Å². The Morgan fingerprint density at radius 3 is 2.61 bits per heavy atom. The first-order valence-electron chi connectivity index (χ1n) is 10.2. The van der Waals surface area contributed by atoms with Crippen molar-refractivity contribution in [3.05, 3.63) is 22.3 Å².